The van der Waals surface area contributed by atoms with Crippen LogP contribution in [0, 0.1) is 0 Å². The van der Waals surface area contributed by atoms with Gasteiger partial charge in [0.15, 0.2) is 12.9 Å². The van der Waals surface area contributed by atoms with Crippen molar-refractivity contribution in [3.63, 3.8) is 0 Å². The van der Waals surface area contributed by atoms with Crippen LogP contribution in [0.5, 0.6) is 0 Å². The smallest absolute Gasteiger partial charge is 0.237 e. The van der Waals surface area contributed by atoms with Crippen molar-refractivity contribution >= 4 is 5.78 Å². The summed E-state index contributed by atoms with van der Waals surface area (Å²) in [5.41, 5.74) is 0. The van der Waals surface area contributed by atoms with E-state index in [9.17, 15) is 4.79 Å². The molecule has 0 aliphatic carbocycles. The van der Waals surface area contributed by atoms with E-state index in [-0.39, 0.29) is 18.1 Å². The fourth-order valence-corrected chi connectivity index (χ4v) is 0.650. The fourth-order valence-electron chi connectivity index (χ4n) is 0.650. The number of ketones is 1. The van der Waals surface area contributed by atoms with E-state index < -0.39 is 6.29 Å². The highest BCUT2D eigenvalue weighted by molar-refractivity contribution is 5.95. The van der Waals surface area contributed by atoms with Gasteiger partial charge in [0.2, 0.25) is 11.5 Å². The lowest BCUT2D eigenvalue weighted by Gasteiger charge is -2.10. The van der Waals surface area contributed by atoms with Crippen LogP contribution in [-0.2, 0) is 19.0 Å². The largest absolute Gasteiger partial charge is 0.489 e. The molecule has 1 aliphatic heterocycles. The third-order valence-corrected chi connectivity index (χ3v) is 1.30. The summed E-state index contributed by atoms with van der Waals surface area (Å²) in [6.07, 6.45) is 0.893. The Bertz CT molecular complexity index is 185. The number of methoxy groups -OCH3 is 1. The first-order valence-electron chi connectivity index (χ1n) is 3.28. The molecule has 1 rings (SSSR count). The minimum absolute atomic E-state index is 0.0752. The van der Waals surface area contributed by atoms with E-state index in [2.05, 4.69) is 0 Å². The third kappa shape index (κ3) is 1.94. The van der Waals surface area contributed by atoms with Gasteiger partial charge >= 0.3 is 0 Å². The molecule has 0 amide bonds. The second-order valence-corrected chi connectivity index (χ2v) is 2.14. The minimum atomic E-state index is -0.410. The van der Waals surface area contributed by atoms with E-state index in [1.54, 1.807) is 6.92 Å². The summed E-state index contributed by atoms with van der Waals surface area (Å²) in [6, 6.07) is 0. The van der Waals surface area contributed by atoms with Crippen molar-refractivity contribution in [1.82, 2.24) is 0 Å². The van der Waals surface area contributed by atoms with Crippen LogP contribution in [0.1, 0.15) is 6.92 Å². The quantitative estimate of drug-likeness (QED) is 0.559. The zero-order valence-electron chi connectivity index (χ0n) is 6.49. The van der Waals surface area contributed by atoms with Gasteiger partial charge in [0.1, 0.15) is 6.26 Å². The van der Waals surface area contributed by atoms with Crippen molar-refractivity contribution in [3.8, 4) is 0 Å². The zero-order valence-corrected chi connectivity index (χ0v) is 6.49. The maximum absolute atomic E-state index is 10.9. The molecule has 1 heterocycles. The van der Waals surface area contributed by atoms with Crippen LogP contribution in [0.15, 0.2) is 12.0 Å². The van der Waals surface area contributed by atoms with Gasteiger partial charge in [-0.15, -0.1) is 0 Å². The normalized spacial score (nSPS) is 19.1. The molecule has 0 saturated heterocycles. The predicted octanol–water partition coefficient (Wildman–Crippen LogP) is 0.436. The van der Waals surface area contributed by atoms with E-state index in [0.29, 0.717) is 0 Å². The monoisotopic (exact) mass is 158 g/mol. The summed E-state index contributed by atoms with van der Waals surface area (Å²) in [7, 11) is 1.51. The number of rotatable bonds is 3. The number of ether oxygens (including phenoxy) is 3. The molecule has 0 spiro atoms. The molecule has 0 bridgehead atoms. The molecule has 1 atom stereocenters. The molecule has 0 fully saturated rings. The second-order valence-electron chi connectivity index (χ2n) is 2.14. The number of Topliss-reactive ketones (excluding diaryl/α,β-unsaturated/α-hetero) is 1. The highest BCUT2D eigenvalue weighted by atomic mass is 16.7. The van der Waals surface area contributed by atoms with Crippen LogP contribution < -0.4 is 0 Å². The topological polar surface area (TPSA) is 44.8 Å². The minimum Gasteiger partial charge on any atom is -0.489 e. The lowest BCUT2D eigenvalue weighted by Crippen LogP contribution is -2.14. The predicted molar refractivity (Wildman–Crippen MR) is 36.6 cm³/mol. The highest BCUT2D eigenvalue weighted by Gasteiger charge is 2.19. The first-order valence-corrected chi connectivity index (χ1v) is 3.28. The van der Waals surface area contributed by atoms with Gasteiger partial charge < -0.3 is 14.2 Å². The van der Waals surface area contributed by atoms with Crippen molar-refractivity contribution in [1.29, 1.82) is 0 Å². The first kappa shape index (κ1) is 8.07. The molecule has 62 valence electrons. The molecule has 1 aliphatic rings. The van der Waals surface area contributed by atoms with Crippen LogP contribution in [-0.4, -0.2) is 25.8 Å². The van der Waals surface area contributed by atoms with Crippen molar-refractivity contribution in [3.05, 3.63) is 12.0 Å². The molecule has 0 saturated carbocycles. The van der Waals surface area contributed by atoms with Gasteiger partial charge in [0.05, 0.1) is 0 Å². The molecule has 0 aromatic heterocycles. The molecular formula is C7H10O4. The summed E-state index contributed by atoms with van der Waals surface area (Å²) in [5.74, 6) is 0.0910. The lowest BCUT2D eigenvalue weighted by atomic mass is 10.4. The summed E-state index contributed by atoms with van der Waals surface area (Å²) in [6.45, 7) is 1.78. The van der Waals surface area contributed by atoms with Crippen LogP contribution in [0.4, 0.5) is 0 Å². The highest BCUT2D eigenvalue weighted by Crippen LogP contribution is 2.10. The summed E-state index contributed by atoms with van der Waals surface area (Å²) < 4.78 is 14.5. The van der Waals surface area contributed by atoms with E-state index in [0.717, 1.165) is 0 Å². The third-order valence-electron chi connectivity index (χ3n) is 1.30. The van der Waals surface area contributed by atoms with Crippen LogP contribution in [0.25, 0.3) is 0 Å². The maximum atomic E-state index is 10.9. The standard InChI is InChI=1S/C7H10O4/c1-5(9-2)11-7-4-10-3-6(7)8/h4-5H,3H2,1-2H3. The van der Waals surface area contributed by atoms with Gasteiger partial charge in [0.25, 0.3) is 0 Å². The molecule has 0 aromatic carbocycles. The molecule has 4 heteroatoms. The zero-order chi connectivity index (χ0) is 8.27. The van der Waals surface area contributed by atoms with Crippen LogP contribution in [0.2, 0.25) is 0 Å². The summed E-state index contributed by atoms with van der Waals surface area (Å²) in [5, 5.41) is 0. The average molecular weight is 158 g/mol. The Kier molecular flexibility index (Phi) is 2.48. The van der Waals surface area contributed by atoms with Crippen molar-refractivity contribution in [2.45, 2.75) is 13.2 Å². The molecule has 0 N–H and O–H groups in total. The Labute approximate surface area is 64.7 Å². The van der Waals surface area contributed by atoms with Gasteiger partial charge in [0, 0.05) is 7.11 Å². The Morgan fingerprint density at radius 3 is 2.91 bits per heavy atom. The van der Waals surface area contributed by atoms with E-state index in [1.165, 1.54) is 13.4 Å². The fraction of sp³-hybridized carbons (Fsp3) is 0.571. The van der Waals surface area contributed by atoms with Gasteiger partial charge in [-0.2, -0.15) is 0 Å². The van der Waals surface area contributed by atoms with Gasteiger partial charge in [-0.05, 0) is 6.92 Å². The van der Waals surface area contributed by atoms with Gasteiger partial charge in [-0.3, -0.25) is 4.79 Å². The first-order chi connectivity index (χ1) is 5.24. The van der Waals surface area contributed by atoms with Crippen molar-refractivity contribution in [2.75, 3.05) is 13.7 Å². The van der Waals surface area contributed by atoms with E-state index in [4.69, 9.17) is 14.2 Å². The molecule has 4 nitrogen and oxygen atoms in total. The van der Waals surface area contributed by atoms with E-state index >= 15 is 0 Å². The Morgan fingerprint density at radius 1 is 1.73 bits per heavy atom. The summed E-state index contributed by atoms with van der Waals surface area (Å²) >= 11 is 0. The Hall–Kier alpha value is -1.03. The van der Waals surface area contributed by atoms with Crippen molar-refractivity contribution < 1.29 is 19.0 Å². The molecule has 0 radical (unpaired) electrons. The number of carbonyl (C=O) groups is 1. The average Bonchev–Trinajstić information content (AvgIpc) is 2.37. The van der Waals surface area contributed by atoms with Crippen molar-refractivity contribution in [2.24, 2.45) is 0 Å². The molecule has 0 aromatic rings. The van der Waals surface area contributed by atoms with Crippen LogP contribution in [0.3, 0.4) is 0 Å². The van der Waals surface area contributed by atoms with E-state index in [1.807, 2.05) is 0 Å². The summed E-state index contributed by atoms with van der Waals surface area (Å²) in [4.78, 5) is 10.9. The number of hydrogen-bond acceptors (Lipinski definition) is 4. The Morgan fingerprint density at radius 2 is 2.45 bits per heavy atom. The number of carbonyl (C=O) groups excluding carboxylic acids is 1. The van der Waals surface area contributed by atoms with Crippen LogP contribution >= 0.6 is 0 Å². The second kappa shape index (κ2) is 3.39. The SMILES string of the molecule is COC(C)OC1=COCC1=O. The molecular weight excluding hydrogens is 148 g/mol. The lowest BCUT2D eigenvalue weighted by molar-refractivity contribution is -0.127. The Balaban J connectivity index is 2.42. The molecule has 1 unspecified atom stereocenters. The van der Waals surface area contributed by atoms with Gasteiger partial charge in [-0.1, -0.05) is 0 Å². The van der Waals surface area contributed by atoms with Gasteiger partial charge in [-0.25, -0.2) is 0 Å². The maximum Gasteiger partial charge on any atom is 0.237 e. The number of hydrogen-bond donors (Lipinski definition) is 0. The molecule has 11 heavy (non-hydrogen) atoms.